The van der Waals surface area contributed by atoms with E-state index >= 15 is 0 Å². The third-order valence-electron chi connectivity index (χ3n) is 2.81. The number of rotatable bonds is 2. The molecule has 0 fully saturated rings. The van der Waals surface area contributed by atoms with E-state index in [9.17, 15) is 0 Å². The molecule has 0 aromatic heterocycles. The van der Waals surface area contributed by atoms with Gasteiger partial charge in [-0.1, -0.05) is 22.9 Å². The van der Waals surface area contributed by atoms with Gasteiger partial charge in [-0.3, -0.25) is 0 Å². The lowest BCUT2D eigenvalue weighted by Gasteiger charge is -2.16. The van der Waals surface area contributed by atoms with E-state index in [1.165, 1.54) is 0 Å². The highest BCUT2D eigenvalue weighted by Crippen LogP contribution is 2.40. The first-order valence-corrected chi connectivity index (χ1v) is 6.54. The molecule has 0 aliphatic carbocycles. The monoisotopic (exact) mass is 295 g/mol. The minimum atomic E-state index is 0.389. The van der Waals surface area contributed by atoms with E-state index in [0.717, 1.165) is 39.9 Å². The Morgan fingerprint density at radius 1 is 1.35 bits per heavy atom. The van der Waals surface area contributed by atoms with Gasteiger partial charge >= 0.3 is 0 Å². The Morgan fingerprint density at radius 3 is 2.82 bits per heavy atom. The predicted octanol–water partition coefficient (Wildman–Crippen LogP) is 3.24. The standard InChI is InChI=1S/C13H14BrNO2/c1-2-9-10(4-5-15)11(14)8-12-13(9)17-7-3-6-16-12/h8H,2-4,6-7H2,1H3. The van der Waals surface area contributed by atoms with E-state index < -0.39 is 0 Å². The summed E-state index contributed by atoms with van der Waals surface area (Å²) in [6.45, 7) is 3.42. The van der Waals surface area contributed by atoms with E-state index in [4.69, 9.17) is 14.7 Å². The zero-order valence-corrected chi connectivity index (χ0v) is 11.3. The van der Waals surface area contributed by atoms with Crippen molar-refractivity contribution in [3.8, 4) is 17.6 Å². The van der Waals surface area contributed by atoms with Crippen molar-refractivity contribution in [2.45, 2.75) is 26.2 Å². The second kappa shape index (κ2) is 5.42. The molecule has 1 heterocycles. The van der Waals surface area contributed by atoms with Crippen LogP contribution in [0, 0.1) is 11.3 Å². The van der Waals surface area contributed by atoms with Crippen LogP contribution >= 0.6 is 15.9 Å². The first kappa shape index (κ1) is 12.3. The summed E-state index contributed by atoms with van der Waals surface area (Å²) in [5.74, 6) is 1.60. The number of nitrogens with zero attached hydrogens (tertiary/aromatic N) is 1. The zero-order chi connectivity index (χ0) is 12.3. The third kappa shape index (κ3) is 2.39. The Morgan fingerprint density at radius 2 is 2.12 bits per heavy atom. The van der Waals surface area contributed by atoms with Crippen molar-refractivity contribution >= 4 is 15.9 Å². The summed E-state index contributed by atoms with van der Waals surface area (Å²) in [6, 6.07) is 4.10. The minimum Gasteiger partial charge on any atom is -0.490 e. The van der Waals surface area contributed by atoms with Gasteiger partial charge in [-0.2, -0.15) is 5.26 Å². The number of hydrogen-bond donors (Lipinski definition) is 0. The summed E-state index contributed by atoms with van der Waals surface area (Å²) >= 11 is 3.51. The van der Waals surface area contributed by atoms with Crippen molar-refractivity contribution in [2.24, 2.45) is 0 Å². The number of fused-ring (bicyclic) bond motifs is 1. The van der Waals surface area contributed by atoms with Gasteiger partial charge in [0.2, 0.25) is 0 Å². The molecule has 1 aromatic carbocycles. The van der Waals surface area contributed by atoms with Crippen molar-refractivity contribution in [3.05, 3.63) is 21.7 Å². The van der Waals surface area contributed by atoms with Crippen molar-refractivity contribution in [2.75, 3.05) is 13.2 Å². The number of halogens is 1. The highest BCUT2D eigenvalue weighted by molar-refractivity contribution is 9.10. The molecule has 0 spiro atoms. The number of ether oxygens (including phenoxy) is 2. The average molecular weight is 296 g/mol. The van der Waals surface area contributed by atoms with Crippen LogP contribution in [0.2, 0.25) is 0 Å². The van der Waals surface area contributed by atoms with Gasteiger partial charge in [-0.25, -0.2) is 0 Å². The van der Waals surface area contributed by atoms with Gasteiger partial charge in [-0.15, -0.1) is 0 Å². The van der Waals surface area contributed by atoms with Crippen LogP contribution in [0.5, 0.6) is 11.5 Å². The molecule has 4 heteroatoms. The maximum atomic E-state index is 8.88. The maximum Gasteiger partial charge on any atom is 0.164 e. The summed E-state index contributed by atoms with van der Waals surface area (Å²) in [7, 11) is 0. The minimum absolute atomic E-state index is 0.389. The van der Waals surface area contributed by atoms with Gasteiger partial charge in [0.15, 0.2) is 11.5 Å². The Hall–Kier alpha value is -1.21. The molecule has 1 aliphatic heterocycles. The second-order valence-corrected chi connectivity index (χ2v) is 4.74. The molecule has 90 valence electrons. The molecule has 17 heavy (non-hydrogen) atoms. The van der Waals surface area contributed by atoms with Crippen molar-refractivity contribution in [1.82, 2.24) is 0 Å². The quantitative estimate of drug-likeness (QED) is 0.841. The molecule has 0 saturated heterocycles. The van der Waals surface area contributed by atoms with Crippen LogP contribution in [0.1, 0.15) is 24.5 Å². The molecule has 0 amide bonds. The van der Waals surface area contributed by atoms with Gasteiger partial charge < -0.3 is 9.47 Å². The fraction of sp³-hybridized carbons (Fsp3) is 0.462. The van der Waals surface area contributed by atoms with Crippen LogP contribution in [0.3, 0.4) is 0 Å². The molecule has 0 bridgehead atoms. The summed E-state index contributed by atoms with van der Waals surface area (Å²) in [5, 5.41) is 8.88. The molecule has 1 aliphatic rings. The summed E-state index contributed by atoms with van der Waals surface area (Å²) in [5.41, 5.74) is 2.09. The fourth-order valence-electron chi connectivity index (χ4n) is 2.02. The molecule has 0 radical (unpaired) electrons. The Kier molecular flexibility index (Phi) is 3.90. The van der Waals surface area contributed by atoms with Crippen LogP contribution in [0.15, 0.2) is 10.5 Å². The summed E-state index contributed by atoms with van der Waals surface area (Å²) < 4.78 is 12.4. The molecular weight excluding hydrogens is 282 g/mol. The normalized spacial score (nSPS) is 13.9. The van der Waals surface area contributed by atoms with Crippen molar-refractivity contribution in [3.63, 3.8) is 0 Å². The van der Waals surface area contributed by atoms with Gasteiger partial charge in [0.25, 0.3) is 0 Å². The maximum absolute atomic E-state index is 8.88. The lowest BCUT2D eigenvalue weighted by molar-refractivity contribution is 0.296. The smallest absolute Gasteiger partial charge is 0.164 e. The lowest BCUT2D eigenvalue weighted by atomic mass is 10.0. The molecule has 0 unspecified atom stereocenters. The summed E-state index contributed by atoms with van der Waals surface area (Å²) in [6.07, 6.45) is 2.12. The first-order valence-electron chi connectivity index (χ1n) is 5.74. The number of hydrogen-bond acceptors (Lipinski definition) is 3. The Balaban J connectivity index is 2.56. The Bertz CT molecular complexity index is 465. The van der Waals surface area contributed by atoms with Crippen molar-refractivity contribution < 1.29 is 9.47 Å². The van der Waals surface area contributed by atoms with E-state index in [0.29, 0.717) is 19.6 Å². The molecule has 1 aromatic rings. The van der Waals surface area contributed by atoms with Gasteiger partial charge in [-0.05, 0) is 18.1 Å². The second-order valence-electron chi connectivity index (χ2n) is 3.88. The number of benzene rings is 1. The van der Waals surface area contributed by atoms with E-state index in [-0.39, 0.29) is 0 Å². The molecule has 0 atom stereocenters. The van der Waals surface area contributed by atoms with E-state index in [1.807, 2.05) is 6.07 Å². The molecule has 3 nitrogen and oxygen atoms in total. The zero-order valence-electron chi connectivity index (χ0n) is 9.75. The fourth-order valence-corrected chi connectivity index (χ4v) is 2.61. The number of nitriles is 1. The van der Waals surface area contributed by atoms with Gasteiger partial charge in [0.05, 0.1) is 25.7 Å². The highest BCUT2D eigenvalue weighted by atomic mass is 79.9. The van der Waals surface area contributed by atoms with E-state index in [2.05, 4.69) is 28.9 Å². The SMILES string of the molecule is CCc1c(CC#N)c(Br)cc2c1OCCCO2. The molecular formula is C13H14BrNO2. The highest BCUT2D eigenvalue weighted by Gasteiger charge is 2.19. The van der Waals surface area contributed by atoms with Crippen molar-refractivity contribution in [1.29, 1.82) is 5.26 Å². The molecule has 2 rings (SSSR count). The van der Waals surface area contributed by atoms with Crippen LogP contribution < -0.4 is 9.47 Å². The van der Waals surface area contributed by atoms with Crippen LogP contribution in [-0.4, -0.2) is 13.2 Å². The first-order chi connectivity index (χ1) is 8.27. The lowest BCUT2D eigenvalue weighted by Crippen LogP contribution is -2.01. The van der Waals surface area contributed by atoms with Gasteiger partial charge in [0.1, 0.15) is 0 Å². The molecule has 0 saturated carbocycles. The van der Waals surface area contributed by atoms with Crippen LogP contribution in [0.25, 0.3) is 0 Å². The topological polar surface area (TPSA) is 42.2 Å². The molecule has 0 N–H and O–H groups in total. The van der Waals surface area contributed by atoms with Crippen LogP contribution in [-0.2, 0) is 12.8 Å². The van der Waals surface area contributed by atoms with Gasteiger partial charge in [0, 0.05) is 16.5 Å². The Labute approximate surface area is 109 Å². The predicted molar refractivity (Wildman–Crippen MR) is 68.4 cm³/mol. The largest absolute Gasteiger partial charge is 0.490 e. The third-order valence-corrected chi connectivity index (χ3v) is 3.52. The van der Waals surface area contributed by atoms with Crippen LogP contribution in [0.4, 0.5) is 0 Å². The van der Waals surface area contributed by atoms with E-state index in [1.54, 1.807) is 0 Å². The summed E-state index contributed by atoms with van der Waals surface area (Å²) in [4.78, 5) is 0. The average Bonchev–Trinajstić information content (AvgIpc) is 2.55.